The first-order chi connectivity index (χ1) is 14.7. The fraction of sp³-hybridized carbons (Fsp3) is 0.583. The highest BCUT2D eigenvalue weighted by Gasteiger charge is 2.38. The van der Waals surface area contributed by atoms with Gasteiger partial charge in [0.05, 0.1) is 29.7 Å². The number of aromatic nitrogens is 5. The van der Waals surface area contributed by atoms with Crippen LogP contribution in [0.3, 0.4) is 0 Å². The van der Waals surface area contributed by atoms with Gasteiger partial charge in [-0.25, -0.2) is 4.68 Å². The molecule has 166 valence electrons. The highest BCUT2D eigenvalue weighted by molar-refractivity contribution is 5.83. The number of benzene rings is 1. The van der Waals surface area contributed by atoms with E-state index in [1.807, 2.05) is 4.68 Å². The van der Waals surface area contributed by atoms with Crippen molar-refractivity contribution in [3.63, 3.8) is 0 Å². The summed E-state index contributed by atoms with van der Waals surface area (Å²) in [6, 6.07) is 6.09. The first kappa shape index (κ1) is 21.7. The largest absolute Gasteiger partial charge is 0.322 e. The van der Waals surface area contributed by atoms with E-state index in [-0.39, 0.29) is 17.1 Å². The summed E-state index contributed by atoms with van der Waals surface area (Å²) in [4.78, 5) is 18.0. The number of aromatic amines is 1. The van der Waals surface area contributed by atoms with Gasteiger partial charge in [-0.2, -0.15) is 0 Å². The zero-order valence-electron chi connectivity index (χ0n) is 19.6. The Labute approximate surface area is 183 Å². The highest BCUT2D eigenvalue weighted by atomic mass is 16.1. The summed E-state index contributed by atoms with van der Waals surface area (Å²) in [5.74, 6) is 1.39. The molecule has 2 aromatic heterocycles. The molecule has 1 aromatic carbocycles. The van der Waals surface area contributed by atoms with Crippen molar-refractivity contribution in [3.05, 3.63) is 51.1 Å². The third kappa shape index (κ3) is 3.91. The predicted octanol–water partition coefficient (Wildman–Crippen LogP) is 2.68. The molecule has 0 spiro atoms. The molecule has 7 heteroatoms. The van der Waals surface area contributed by atoms with Crippen molar-refractivity contribution < 1.29 is 4.90 Å². The van der Waals surface area contributed by atoms with Crippen LogP contribution in [-0.2, 0) is 5.54 Å². The van der Waals surface area contributed by atoms with Gasteiger partial charge in [-0.3, -0.25) is 4.79 Å². The number of aryl methyl sites for hydroxylation is 2. The number of hydrogen-bond acceptors (Lipinski definition) is 4. The average Bonchev–Trinajstić information content (AvgIpc) is 3.22. The zero-order valence-corrected chi connectivity index (χ0v) is 19.6. The van der Waals surface area contributed by atoms with E-state index in [9.17, 15) is 4.79 Å². The van der Waals surface area contributed by atoms with E-state index in [0.29, 0.717) is 5.92 Å². The molecule has 7 nitrogen and oxygen atoms in total. The summed E-state index contributed by atoms with van der Waals surface area (Å²) in [5, 5.41) is 14.0. The maximum atomic E-state index is 13.4. The minimum Gasteiger partial charge on any atom is -0.322 e. The van der Waals surface area contributed by atoms with Gasteiger partial charge in [0.25, 0.3) is 5.56 Å². The Kier molecular flexibility index (Phi) is 5.73. The fourth-order valence-electron chi connectivity index (χ4n) is 4.84. The van der Waals surface area contributed by atoms with Gasteiger partial charge < -0.3 is 9.88 Å². The molecule has 1 aliphatic heterocycles. The van der Waals surface area contributed by atoms with Crippen LogP contribution in [0.1, 0.15) is 75.5 Å². The molecule has 0 amide bonds. The van der Waals surface area contributed by atoms with Crippen LogP contribution in [0.5, 0.6) is 0 Å². The van der Waals surface area contributed by atoms with E-state index in [2.05, 4.69) is 80.3 Å². The number of fused-ring (bicyclic) bond motifs is 1. The lowest BCUT2D eigenvalue weighted by molar-refractivity contribution is -0.934. The highest BCUT2D eigenvalue weighted by Crippen LogP contribution is 2.26. The van der Waals surface area contributed by atoms with Crippen LogP contribution in [0.15, 0.2) is 23.0 Å². The molecule has 1 unspecified atom stereocenters. The number of pyridine rings is 1. The van der Waals surface area contributed by atoms with Gasteiger partial charge in [0, 0.05) is 5.92 Å². The fourth-order valence-corrected chi connectivity index (χ4v) is 4.84. The quantitative estimate of drug-likeness (QED) is 0.661. The van der Waals surface area contributed by atoms with Crippen molar-refractivity contribution in [2.75, 3.05) is 13.1 Å². The van der Waals surface area contributed by atoms with Crippen LogP contribution < -0.4 is 10.5 Å². The van der Waals surface area contributed by atoms with Crippen molar-refractivity contribution in [2.24, 2.45) is 5.92 Å². The predicted molar refractivity (Wildman–Crippen MR) is 122 cm³/mol. The minimum atomic E-state index is -0.227. The number of hydrogen-bond donors (Lipinski definition) is 2. The summed E-state index contributed by atoms with van der Waals surface area (Å²) in [6.45, 7) is 14.9. The Morgan fingerprint density at radius 1 is 1.32 bits per heavy atom. The average molecular weight is 424 g/mol. The summed E-state index contributed by atoms with van der Waals surface area (Å²) in [5.41, 5.74) is 3.70. The summed E-state index contributed by atoms with van der Waals surface area (Å²) >= 11 is 0. The molecule has 31 heavy (non-hydrogen) atoms. The monoisotopic (exact) mass is 423 g/mol. The van der Waals surface area contributed by atoms with Crippen molar-refractivity contribution >= 4 is 10.9 Å². The van der Waals surface area contributed by atoms with Crippen molar-refractivity contribution in [1.82, 2.24) is 25.2 Å². The smallest absolute Gasteiger partial charge is 0.258 e. The first-order valence-electron chi connectivity index (χ1n) is 11.5. The lowest BCUT2D eigenvalue weighted by Crippen LogP contribution is -3.14. The Hall–Kier alpha value is -2.54. The van der Waals surface area contributed by atoms with Crippen LogP contribution in [0.4, 0.5) is 0 Å². The van der Waals surface area contributed by atoms with E-state index < -0.39 is 0 Å². The standard InChI is InChI=1S/C24H34N6O/c1-7-24(5,6)30-22(26-27-28-30)21(29-12-8-9-15(2)14-29)19-13-18-11-10-16(3)17(4)20(18)25-23(19)31/h10-11,13,15,21H,7-9,12,14H2,1-6H3,(H,25,31)/p+1/t15-,21+/m0/s1. The summed E-state index contributed by atoms with van der Waals surface area (Å²) in [7, 11) is 0. The number of nitrogens with one attached hydrogen (secondary N) is 2. The molecular weight excluding hydrogens is 388 g/mol. The molecule has 3 atom stereocenters. The number of piperidine rings is 1. The molecular formula is C24H35N6O+. The zero-order chi connectivity index (χ0) is 22.3. The van der Waals surface area contributed by atoms with Crippen molar-refractivity contribution in [2.45, 2.75) is 72.4 Å². The third-order valence-corrected chi connectivity index (χ3v) is 7.29. The van der Waals surface area contributed by atoms with Crippen LogP contribution >= 0.6 is 0 Å². The van der Waals surface area contributed by atoms with Gasteiger partial charge in [-0.15, -0.1) is 5.10 Å². The minimum absolute atomic E-state index is 0.0409. The summed E-state index contributed by atoms with van der Waals surface area (Å²) in [6.07, 6.45) is 3.28. The number of likely N-dealkylation sites (tertiary alicyclic amines) is 1. The van der Waals surface area contributed by atoms with E-state index in [4.69, 9.17) is 0 Å². The molecule has 2 N–H and O–H groups in total. The maximum Gasteiger partial charge on any atom is 0.258 e. The maximum absolute atomic E-state index is 13.4. The molecule has 4 rings (SSSR count). The number of H-pyrrole nitrogens is 1. The van der Waals surface area contributed by atoms with Crippen LogP contribution in [-0.4, -0.2) is 38.3 Å². The van der Waals surface area contributed by atoms with Crippen LogP contribution in [0, 0.1) is 19.8 Å². The normalized spacial score (nSPS) is 20.8. The molecule has 0 bridgehead atoms. The van der Waals surface area contributed by atoms with Gasteiger partial charge in [0.2, 0.25) is 5.82 Å². The van der Waals surface area contributed by atoms with Gasteiger partial charge in [-0.1, -0.05) is 26.0 Å². The lowest BCUT2D eigenvalue weighted by atomic mass is 9.94. The number of rotatable bonds is 5. The van der Waals surface area contributed by atoms with Gasteiger partial charge >= 0.3 is 0 Å². The van der Waals surface area contributed by atoms with E-state index in [1.54, 1.807) is 0 Å². The second-order valence-corrected chi connectivity index (χ2v) is 9.93. The Bertz CT molecular complexity index is 1140. The third-order valence-electron chi connectivity index (χ3n) is 7.29. The lowest BCUT2D eigenvalue weighted by Gasteiger charge is -2.35. The SMILES string of the molecule is CCC(C)(C)n1nnnc1[C@@H](c1cc2ccc(C)c(C)c2[nH]c1=O)[NH+]1CCC[C@H](C)C1. The Morgan fingerprint density at radius 3 is 2.81 bits per heavy atom. The van der Waals surface area contributed by atoms with Crippen molar-refractivity contribution in [3.8, 4) is 0 Å². The number of nitrogens with zero attached hydrogens (tertiary/aromatic N) is 4. The van der Waals surface area contributed by atoms with Gasteiger partial charge in [-0.05, 0) is 80.0 Å². The first-order valence-corrected chi connectivity index (χ1v) is 11.5. The molecule has 0 saturated carbocycles. The number of quaternary nitrogens is 1. The van der Waals surface area contributed by atoms with Gasteiger partial charge in [0.15, 0.2) is 6.04 Å². The van der Waals surface area contributed by atoms with E-state index in [0.717, 1.165) is 53.8 Å². The summed E-state index contributed by atoms with van der Waals surface area (Å²) < 4.78 is 1.94. The Balaban J connectivity index is 1.93. The topological polar surface area (TPSA) is 80.9 Å². The number of tetrazole rings is 1. The van der Waals surface area contributed by atoms with Crippen LogP contribution in [0.25, 0.3) is 10.9 Å². The molecule has 3 heterocycles. The van der Waals surface area contributed by atoms with Crippen LogP contribution in [0.2, 0.25) is 0 Å². The molecule has 1 fully saturated rings. The second kappa shape index (κ2) is 8.19. The van der Waals surface area contributed by atoms with E-state index >= 15 is 0 Å². The molecule has 3 aromatic rings. The molecule has 1 saturated heterocycles. The van der Waals surface area contributed by atoms with Gasteiger partial charge in [0.1, 0.15) is 0 Å². The molecule has 0 aliphatic carbocycles. The molecule has 0 radical (unpaired) electrons. The Morgan fingerprint density at radius 2 is 2.10 bits per heavy atom. The van der Waals surface area contributed by atoms with E-state index in [1.165, 1.54) is 16.9 Å². The van der Waals surface area contributed by atoms with Crippen molar-refractivity contribution in [1.29, 1.82) is 0 Å². The molecule has 1 aliphatic rings. The second-order valence-electron chi connectivity index (χ2n) is 9.93.